The Balaban J connectivity index is 1.23. The molecule has 2 fully saturated rings. The van der Waals surface area contributed by atoms with E-state index in [1.807, 2.05) is 59.2 Å². The van der Waals surface area contributed by atoms with Gasteiger partial charge in [0.1, 0.15) is 11.3 Å². The summed E-state index contributed by atoms with van der Waals surface area (Å²) >= 11 is 0. The highest BCUT2D eigenvalue weighted by atomic mass is 32.2. The van der Waals surface area contributed by atoms with Crippen LogP contribution in [-0.2, 0) is 16.6 Å². The molecule has 0 saturated carbocycles. The summed E-state index contributed by atoms with van der Waals surface area (Å²) in [5, 5.41) is 1.06. The van der Waals surface area contributed by atoms with Gasteiger partial charge in [0.15, 0.2) is 11.5 Å². The number of anilines is 1. The lowest BCUT2D eigenvalue weighted by atomic mass is 10.1. The van der Waals surface area contributed by atoms with Crippen molar-refractivity contribution in [3.63, 3.8) is 0 Å². The van der Waals surface area contributed by atoms with Crippen LogP contribution >= 0.6 is 0 Å². The summed E-state index contributed by atoms with van der Waals surface area (Å²) in [7, 11) is -3.38. The number of hydrogen-bond acceptors (Lipinski definition) is 7. The lowest BCUT2D eigenvalue weighted by molar-refractivity contribution is 0.175. The lowest BCUT2D eigenvalue weighted by Gasteiger charge is -2.32. The minimum atomic E-state index is -3.38. The van der Waals surface area contributed by atoms with Gasteiger partial charge < -0.3 is 5.73 Å². The molecule has 9 nitrogen and oxygen atoms in total. The molecule has 2 aliphatic rings. The van der Waals surface area contributed by atoms with Crippen molar-refractivity contribution in [2.24, 2.45) is 0 Å². The summed E-state index contributed by atoms with van der Waals surface area (Å²) in [6.45, 7) is 5.48. The van der Waals surface area contributed by atoms with E-state index in [1.165, 1.54) is 0 Å². The van der Waals surface area contributed by atoms with Crippen LogP contribution in [-0.4, -0.2) is 62.3 Å². The van der Waals surface area contributed by atoms with Crippen molar-refractivity contribution in [2.45, 2.75) is 25.0 Å². The summed E-state index contributed by atoms with van der Waals surface area (Å²) in [5.74, 6) is 1.08. The molecule has 2 aromatic carbocycles. The van der Waals surface area contributed by atoms with Crippen molar-refractivity contribution in [1.29, 1.82) is 0 Å². The molecule has 5 heterocycles. The predicted octanol–water partition coefficient (Wildman–Crippen LogP) is 4.46. The van der Waals surface area contributed by atoms with Crippen molar-refractivity contribution in [2.75, 3.05) is 18.8 Å². The Morgan fingerprint density at radius 1 is 0.927 bits per heavy atom. The van der Waals surface area contributed by atoms with E-state index in [9.17, 15) is 8.42 Å². The van der Waals surface area contributed by atoms with Crippen molar-refractivity contribution in [3.05, 3.63) is 103 Å². The van der Waals surface area contributed by atoms with Gasteiger partial charge in [-0.25, -0.2) is 23.4 Å². The zero-order valence-electron chi connectivity index (χ0n) is 22.3. The molecule has 0 spiro atoms. The predicted molar refractivity (Wildman–Crippen MR) is 160 cm³/mol. The quantitative estimate of drug-likeness (QED) is 0.311. The molecule has 10 heteroatoms. The maximum Gasteiger partial charge on any atom is 0.235 e. The van der Waals surface area contributed by atoms with Gasteiger partial charge in [0.05, 0.1) is 11.3 Å². The molecule has 3 aromatic heterocycles. The summed E-state index contributed by atoms with van der Waals surface area (Å²) < 4.78 is 28.3. The molecular formula is C31H29N7O2S. The Bertz CT molecular complexity index is 1870. The number of nitrogens with two attached hydrogens (primary N) is 1. The Morgan fingerprint density at radius 3 is 2.44 bits per heavy atom. The fraction of sp³-hybridized carbons (Fsp3) is 0.194. The first-order valence-corrected chi connectivity index (χ1v) is 15.0. The number of rotatable bonds is 7. The molecule has 5 aromatic rings. The molecule has 2 N–H and O–H groups in total. The van der Waals surface area contributed by atoms with Crippen LogP contribution < -0.4 is 5.73 Å². The van der Waals surface area contributed by atoms with Gasteiger partial charge >= 0.3 is 0 Å². The zero-order valence-corrected chi connectivity index (χ0v) is 23.2. The number of aromatic nitrogens is 4. The number of pyridine rings is 2. The standard InChI is InChI=1S/C31H29N7O2S/c1-2-41(39,40)37-20-24-17-25(37)19-36(24)18-21-10-12-23(13-11-21)38-30(26-9-6-16-33-29(26)32)35-28-15-14-27(34-31(28)38)22-7-4-3-5-8-22/h2-16,24-25H,1,17-20H2,(H2,32,33)/t24-,25-/m1/s1. The van der Waals surface area contributed by atoms with Crippen LogP contribution in [0.5, 0.6) is 0 Å². The van der Waals surface area contributed by atoms with Gasteiger partial charge in [-0.1, -0.05) is 49.0 Å². The highest BCUT2D eigenvalue weighted by Crippen LogP contribution is 2.35. The molecular weight excluding hydrogens is 534 g/mol. The topological polar surface area (TPSA) is 110 Å². The smallest absolute Gasteiger partial charge is 0.235 e. The molecule has 0 aliphatic carbocycles. The maximum absolute atomic E-state index is 12.3. The number of sulfonamides is 1. The van der Waals surface area contributed by atoms with Crippen LogP contribution in [0.4, 0.5) is 5.82 Å². The molecule has 206 valence electrons. The first-order chi connectivity index (χ1) is 19.9. The molecule has 0 unspecified atom stereocenters. The van der Waals surface area contributed by atoms with Crippen LogP contribution in [0, 0.1) is 0 Å². The van der Waals surface area contributed by atoms with E-state index in [1.54, 1.807) is 10.5 Å². The Labute approximate surface area is 238 Å². The molecule has 7 rings (SSSR count). The van der Waals surface area contributed by atoms with E-state index >= 15 is 0 Å². The van der Waals surface area contributed by atoms with Crippen molar-refractivity contribution >= 4 is 27.0 Å². The van der Waals surface area contributed by atoms with Gasteiger partial charge in [0, 0.05) is 54.6 Å². The number of benzene rings is 2. The fourth-order valence-corrected chi connectivity index (χ4v) is 7.20. The number of imidazole rings is 1. The first-order valence-electron chi connectivity index (χ1n) is 13.5. The third-order valence-corrected chi connectivity index (χ3v) is 9.60. The van der Waals surface area contributed by atoms with E-state index in [4.69, 9.17) is 15.7 Å². The number of likely N-dealkylation sites (tertiary alicyclic amines) is 1. The molecule has 0 amide bonds. The number of nitrogens with zero attached hydrogens (tertiary/aromatic N) is 6. The second-order valence-corrected chi connectivity index (χ2v) is 12.4. The average Bonchev–Trinajstić information content (AvgIpc) is 3.71. The monoisotopic (exact) mass is 563 g/mol. The Kier molecular flexibility index (Phi) is 6.19. The van der Waals surface area contributed by atoms with Crippen LogP contribution in [0.25, 0.3) is 39.5 Å². The molecule has 2 aliphatic heterocycles. The highest BCUT2D eigenvalue weighted by Gasteiger charge is 2.47. The second kappa shape index (κ2) is 9.91. The van der Waals surface area contributed by atoms with Gasteiger partial charge in [0.25, 0.3) is 0 Å². The molecule has 2 atom stereocenters. The molecule has 2 bridgehead atoms. The second-order valence-electron chi connectivity index (χ2n) is 10.5. The Morgan fingerprint density at radius 2 is 1.73 bits per heavy atom. The largest absolute Gasteiger partial charge is 0.383 e. The fourth-order valence-electron chi connectivity index (χ4n) is 6.06. The SMILES string of the molecule is C=CS(=O)(=O)N1C[C@H]2C[C@@H]1CN2Cc1ccc(-n2c(-c3cccnc3N)nc3ccc(-c4ccccc4)nc32)cc1. The van der Waals surface area contributed by atoms with Crippen molar-refractivity contribution in [1.82, 2.24) is 28.7 Å². The van der Waals surface area contributed by atoms with Gasteiger partial charge in [0.2, 0.25) is 10.0 Å². The van der Waals surface area contributed by atoms with Gasteiger partial charge in [-0.3, -0.25) is 9.47 Å². The first kappa shape index (κ1) is 25.6. The normalized spacial score (nSPS) is 19.2. The lowest BCUT2D eigenvalue weighted by Crippen LogP contribution is -2.47. The average molecular weight is 564 g/mol. The van der Waals surface area contributed by atoms with E-state index in [2.05, 4.69) is 40.7 Å². The van der Waals surface area contributed by atoms with Gasteiger partial charge in [-0.15, -0.1) is 0 Å². The highest BCUT2D eigenvalue weighted by molar-refractivity contribution is 7.92. The Hall–Kier alpha value is -4.38. The van der Waals surface area contributed by atoms with Crippen LogP contribution in [0.15, 0.2) is 97.0 Å². The van der Waals surface area contributed by atoms with Crippen LogP contribution in [0.2, 0.25) is 0 Å². The molecule has 0 radical (unpaired) electrons. The number of nitrogen functional groups attached to an aromatic ring is 1. The van der Waals surface area contributed by atoms with E-state index < -0.39 is 10.0 Å². The summed E-state index contributed by atoms with van der Waals surface area (Å²) in [6.07, 6.45) is 2.53. The number of fused-ring (bicyclic) bond motifs is 3. The van der Waals surface area contributed by atoms with E-state index in [0.29, 0.717) is 18.2 Å². The third kappa shape index (κ3) is 4.50. The molecule has 2 saturated heterocycles. The summed E-state index contributed by atoms with van der Waals surface area (Å²) in [5.41, 5.74) is 12.5. The van der Waals surface area contributed by atoms with Gasteiger partial charge in [-0.2, -0.15) is 4.31 Å². The summed E-state index contributed by atoms with van der Waals surface area (Å²) in [6, 6.07) is 26.4. The maximum atomic E-state index is 12.3. The summed E-state index contributed by atoms with van der Waals surface area (Å²) in [4.78, 5) is 16.6. The number of hydrogen-bond donors (Lipinski definition) is 1. The minimum absolute atomic E-state index is 0.0111. The zero-order chi connectivity index (χ0) is 28.1. The number of piperazine rings is 1. The van der Waals surface area contributed by atoms with Crippen LogP contribution in [0.3, 0.4) is 0 Å². The van der Waals surface area contributed by atoms with Crippen LogP contribution in [0.1, 0.15) is 12.0 Å². The third-order valence-electron chi connectivity index (χ3n) is 8.07. The van der Waals surface area contributed by atoms with Crippen molar-refractivity contribution in [3.8, 4) is 28.3 Å². The van der Waals surface area contributed by atoms with Gasteiger partial charge in [-0.05, 0) is 48.4 Å². The van der Waals surface area contributed by atoms with Crippen molar-refractivity contribution < 1.29 is 8.42 Å². The molecule has 41 heavy (non-hydrogen) atoms. The van der Waals surface area contributed by atoms with E-state index in [-0.39, 0.29) is 12.1 Å². The van der Waals surface area contributed by atoms with E-state index in [0.717, 1.165) is 64.2 Å². The minimum Gasteiger partial charge on any atom is -0.383 e.